The zero-order valence-corrected chi connectivity index (χ0v) is 11.4. The Balaban J connectivity index is 2.72. The summed E-state index contributed by atoms with van der Waals surface area (Å²) in [5.41, 5.74) is 0.674. The van der Waals surface area contributed by atoms with Gasteiger partial charge in [-0.2, -0.15) is 5.26 Å². The number of benzene rings is 1. The van der Waals surface area contributed by atoms with Crippen LogP contribution in [0.2, 0.25) is 0 Å². The molecule has 0 heterocycles. The van der Waals surface area contributed by atoms with Crippen molar-refractivity contribution in [3.8, 4) is 6.07 Å². The van der Waals surface area contributed by atoms with Crippen molar-refractivity contribution in [3.05, 3.63) is 35.4 Å². The molecule has 2 N–H and O–H groups in total. The van der Waals surface area contributed by atoms with Gasteiger partial charge < -0.3 is 10.4 Å². The smallest absolute Gasteiger partial charge is 0.251 e. The van der Waals surface area contributed by atoms with Crippen LogP contribution >= 0.6 is 0 Å². The maximum atomic E-state index is 12.0. The van der Waals surface area contributed by atoms with E-state index in [1.54, 1.807) is 24.3 Å². The molecule has 0 saturated carbocycles. The highest BCUT2D eigenvalue weighted by atomic mass is 16.3. The molecule has 0 atom stereocenters. The number of hydrogen-bond acceptors (Lipinski definition) is 3. The van der Waals surface area contributed by atoms with E-state index in [0.29, 0.717) is 17.7 Å². The highest BCUT2D eigenvalue weighted by Gasteiger charge is 2.25. The molecule has 0 aliphatic heterocycles. The molecular weight excluding hydrogens is 240 g/mol. The van der Waals surface area contributed by atoms with Crippen molar-refractivity contribution in [1.82, 2.24) is 5.32 Å². The molecule has 102 valence electrons. The molecular formula is C15H20N2O2. The molecule has 0 aromatic heterocycles. The van der Waals surface area contributed by atoms with Crippen LogP contribution in [-0.2, 0) is 0 Å². The van der Waals surface area contributed by atoms with Crippen LogP contribution in [0, 0.1) is 16.7 Å². The van der Waals surface area contributed by atoms with Gasteiger partial charge in [-0.15, -0.1) is 0 Å². The first-order valence-corrected chi connectivity index (χ1v) is 6.50. The molecule has 0 aliphatic carbocycles. The maximum absolute atomic E-state index is 12.0. The van der Waals surface area contributed by atoms with Gasteiger partial charge in [0.2, 0.25) is 0 Å². The number of carbonyl (C=O) groups excluding carboxylic acids is 1. The summed E-state index contributed by atoms with van der Waals surface area (Å²) < 4.78 is 0. The predicted octanol–water partition coefficient (Wildman–Crippen LogP) is 2.09. The number of hydrogen-bond donors (Lipinski definition) is 2. The average Bonchev–Trinajstić information content (AvgIpc) is 2.49. The molecule has 0 radical (unpaired) electrons. The number of carbonyl (C=O) groups is 1. The van der Waals surface area contributed by atoms with Gasteiger partial charge in [0.15, 0.2) is 0 Å². The second-order valence-electron chi connectivity index (χ2n) is 4.74. The van der Waals surface area contributed by atoms with Crippen LogP contribution in [-0.4, -0.2) is 24.2 Å². The molecule has 0 fully saturated rings. The average molecular weight is 260 g/mol. The Kier molecular flexibility index (Phi) is 5.53. The number of aliphatic hydroxyl groups excluding tert-OH is 1. The van der Waals surface area contributed by atoms with Gasteiger partial charge in [0.1, 0.15) is 0 Å². The van der Waals surface area contributed by atoms with Gasteiger partial charge in [0.25, 0.3) is 5.91 Å². The topological polar surface area (TPSA) is 73.1 Å². The Morgan fingerprint density at radius 2 is 2.11 bits per heavy atom. The van der Waals surface area contributed by atoms with Crippen LogP contribution in [0.3, 0.4) is 0 Å². The lowest BCUT2D eigenvalue weighted by atomic mass is 9.83. The van der Waals surface area contributed by atoms with Gasteiger partial charge >= 0.3 is 0 Å². The second kappa shape index (κ2) is 6.91. The highest BCUT2D eigenvalue weighted by Crippen LogP contribution is 2.24. The predicted molar refractivity (Wildman–Crippen MR) is 73.6 cm³/mol. The van der Waals surface area contributed by atoms with Crippen LogP contribution in [0.25, 0.3) is 0 Å². The van der Waals surface area contributed by atoms with Crippen molar-refractivity contribution in [1.29, 1.82) is 5.26 Å². The number of amides is 1. The van der Waals surface area contributed by atoms with Gasteiger partial charge in [-0.05, 0) is 31.0 Å². The molecule has 4 heteroatoms. The minimum atomic E-state index is -0.261. The van der Waals surface area contributed by atoms with E-state index in [1.165, 1.54) is 0 Å². The number of aliphatic hydroxyl groups is 1. The van der Waals surface area contributed by atoms with Crippen molar-refractivity contribution in [2.45, 2.75) is 26.7 Å². The lowest BCUT2D eigenvalue weighted by Crippen LogP contribution is -2.39. The lowest BCUT2D eigenvalue weighted by molar-refractivity contribution is 0.0851. The summed E-state index contributed by atoms with van der Waals surface area (Å²) in [6.45, 7) is 4.50. The fourth-order valence-corrected chi connectivity index (χ4v) is 1.88. The summed E-state index contributed by atoms with van der Waals surface area (Å²) in [5.74, 6) is -0.211. The third kappa shape index (κ3) is 3.80. The summed E-state index contributed by atoms with van der Waals surface area (Å²) >= 11 is 0. The van der Waals surface area contributed by atoms with E-state index in [0.717, 1.165) is 12.8 Å². The molecule has 0 saturated heterocycles. The second-order valence-corrected chi connectivity index (χ2v) is 4.74. The van der Waals surface area contributed by atoms with E-state index in [1.807, 2.05) is 19.9 Å². The standard InChI is InChI=1S/C15H20N2O2/c1-3-15(4-2,11-18)10-17-14(19)13-7-5-6-12(8-13)9-16/h5-8,18H,3-4,10-11H2,1-2H3,(H,17,19). The van der Waals surface area contributed by atoms with Gasteiger partial charge in [-0.3, -0.25) is 4.79 Å². The molecule has 1 aromatic carbocycles. The third-order valence-electron chi connectivity index (χ3n) is 3.71. The summed E-state index contributed by atoms with van der Waals surface area (Å²) in [6, 6.07) is 8.59. The molecule has 1 amide bonds. The van der Waals surface area contributed by atoms with Crippen LogP contribution < -0.4 is 5.32 Å². The van der Waals surface area contributed by atoms with Crippen molar-refractivity contribution in [3.63, 3.8) is 0 Å². The van der Waals surface area contributed by atoms with Gasteiger partial charge in [0, 0.05) is 17.5 Å². The van der Waals surface area contributed by atoms with Gasteiger partial charge in [-0.25, -0.2) is 0 Å². The highest BCUT2D eigenvalue weighted by molar-refractivity contribution is 5.94. The molecule has 4 nitrogen and oxygen atoms in total. The molecule has 1 aromatic rings. The number of nitrogens with one attached hydrogen (secondary N) is 1. The number of rotatable bonds is 6. The Hall–Kier alpha value is -1.86. The zero-order valence-electron chi connectivity index (χ0n) is 11.4. The first kappa shape index (κ1) is 15.2. The van der Waals surface area contributed by atoms with Crippen LogP contribution in [0.5, 0.6) is 0 Å². The normalized spacial score (nSPS) is 10.8. The Labute approximate surface area is 114 Å². The summed E-state index contributed by atoms with van der Waals surface area (Å²) in [4.78, 5) is 12.0. The van der Waals surface area contributed by atoms with Crippen molar-refractivity contribution < 1.29 is 9.90 Å². The molecule has 0 spiro atoms. The summed E-state index contributed by atoms with van der Waals surface area (Å²) in [6.07, 6.45) is 1.61. The fraction of sp³-hybridized carbons (Fsp3) is 0.467. The first-order chi connectivity index (χ1) is 9.10. The first-order valence-electron chi connectivity index (χ1n) is 6.50. The van der Waals surface area contributed by atoms with E-state index < -0.39 is 0 Å². The molecule has 0 bridgehead atoms. The fourth-order valence-electron chi connectivity index (χ4n) is 1.88. The Morgan fingerprint density at radius 1 is 1.42 bits per heavy atom. The largest absolute Gasteiger partial charge is 0.396 e. The lowest BCUT2D eigenvalue weighted by Gasteiger charge is -2.29. The van der Waals surface area contributed by atoms with E-state index in [2.05, 4.69) is 5.32 Å². The molecule has 1 rings (SSSR count). The molecule has 0 unspecified atom stereocenters. The van der Waals surface area contributed by atoms with Gasteiger partial charge in [-0.1, -0.05) is 19.9 Å². The van der Waals surface area contributed by atoms with Crippen LogP contribution in [0.1, 0.15) is 42.6 Å². The minimum Gasteiger partial charge on any atom is -0.396 e. The summed E-state index contributed by atoms with van der Waals surface area (Å²) in [7, 11) is 0. The Morgan fingerprint density at radius 3 is 2.63 bits per heavy atom. The van der Waals surface area contributed by atoms with Gasteiger partial charge in [0.05, 0.1) is 18.2 Å². The number of nitrogens with zero attached hydrogens (tertiary/aromatic N) is 1. The Bertz CT molecular complexity index is 465. The van der Waals surface area contributed by atoms with Crippen molar-refractivity contribution in [2.75, 3.05) is 13.2 Å². The van der Waals surface area contributed by atoms with Crippen LogP contribution in [0.4, 0.5) is 0 Å². The molecule has 19 heavy (non-hydrogen) atoms. The quantitative estimate of drug-likeness (QED) is 0.822. The zero-order chi connectivity index (χ0) is 14.3. The molecule has 0 aliphatic rings. The SMILES string of the molecule is CCC(CC)(CO)CNC(=O)c1cccc(C#N)c1. The van der Waals surface area contributed by atoms with E-state index >= 15 is 0 Å². The van der Waals surface area contributed by atoms with E-state index in [4.69, 9.17) is 5.26 Å². The van der Waals surface area contributed by atoms with E-state index in [9.17, 15) is 9.90 Å². The van der Waals surface area contributed by atoms with Crippen molar-refractivity contribution >= 4 is 5.91 Å². The number of nitriles is 1. The van der Waals surface area contributed by atoms with Crippen molar-refractivity contribution in [2.24, 2.45) is 5.41 Å². The maximum Gasteiger partial charge on any atom is 0.251 e. The van der Waals surface area contributed by atoms with Crippen LogP contribution in [0.15, 0.2) is 24.3 Å². The monoisotopic (exact) mass is 260 g/mol. The third-order valence-corrected chi connectivity index (χ3v) is 3.71. The van der Waals surface area contributed by atoms with E-state index in [-0.39, 0.29) is 17.9 Å². The summed E-state index contributed by atoms with van der Waals surface area (Å²) in [5, 5.41) is 21.1. The minimum absolute atomic E-state index is 0.0541.